The van der Waals surface area contributed by atoms with Crippen molar-refractivity contribution in [2.24, 2.45) is 0 Å². The van der Waals surface area contributed by atoms with Crippen LogP contribution >= 0.6 is 34.7 Å². The van der Waals surface area contributed by atoms with Crippen LogP contribution in [-0.2, 0) is 16.1 Å². The second-order valence-corrected chi connectivity index (χ2v) is 9.75. The van der Waals surface area contributed by atoms with E-state index in [0.717, 1.165) is 16.9 Å². The molecule has 0 saturated heterocycles. The van der Waals surface area contributed by atoms with E-state index in [1.54, 1.807) is 32.1 Å². The summed E-state index contributed by atoms with van der Waals surface area (Å²) in [5, 5.41) is 12.8. The van der Waals surface area contributed by atoms with Crippen LogP contribution in [0.2, 0.25) is 5.02 Å². The van der Waals surface area contributed by atoms with E-state index in [0.29, 0.717) is 44.0 Å². The summed E-state index contributed by atoms with van der Waals surface area (Å²) >= 11 is 8.41. The minimum Gasteiger partial charge on any atom is -0.483 e. The summed E-state index contributed by atoms with van der Waals surface area (Å²) in [6, 6.07) is 5.45. The molecule has 2 aromatic heterocycles. The number of ether oxygens (including phenoxy) is 2. The van der Waals surface area contributed by atoms with Gasteiger partial charge >= 0.3 is 5.97 Å². The predicted octanol–water partition coefficient (Wildman–Crippen LogP) is 5.24. The Morgan fingerprint density at radius 2 is 2.11 bits per heavy atom. The summed E-state index contributed by atoms with van der Waals surface area (Å²) in [5.41, 5.74) is 1.42. The molecule has 0 bridgehead atoms. The lowest BCUT2D eigenvalue weighted by Crippen LogP contribution is -2.15. The van der Waals surface area contributed by atoms with Crippen LogP contribution in [0.4, 0.5) is 5.13 Å². The number of thioether (sulfide) groups is 1. The van der Waals surface area contributed by atoms with Crippen molar-refractivity contribution in [2.75, 3.05) is 17.7 Å². The number of aryl methyl sites for hydroxylation is 2. The first-order valence-electron chi connectivity index (χ1n) is 10.8. The Morgan fingerprint density at radius 1 is 1.34 bits per heavy atom. The molecule has 0 fully saturated rings. The van der Waals surface area contributed by atoms with Gasteiger partial charge in [0.2, 0.25) is 5.91 Å². The molecule has 9 nitrogen and oxygen atoms in total. The van der Waals surface area contributed by atoms with Gasteiger partial charge in [-0.2, -0.15) is 0 Å². The predicted molar refractivity (Wildman–Crippen MR) is 138 cm³/mol. The molecule has 1 N–H and O–H groups in total. The molecule has 2 heterocycles. The number of aromatic nitrogens is 4. The number of nitrogens with one attached hydrogen (secondary N) is 1. The van der Waals surface area contributed by atoms with Crippen LogP contribution < -0.4 is 10.1 Å². The van der Waals surface area contributed by atoms with Gasteiger partial charge in [0.1, 0.15) is 10.6 Å². The molecule has 12 heteroatoms. The first-order valence-corrected chi connectivity index (χ1v) is 13.0. The summed E-state index contributed by atoms with van der Waals surface area (Å²) in [5.74, 6) is 0.619. The summed E-state index contributed by atoms with van der Waals surface area (Å²) in [7, 11) is 0. The van der Waals surface area contributed by atoms with E-state index in [4.69, 9.17) is 21.1 Å². The second-order valence-electron chi connectivity index (χ2n) is 7.40. The van der Waals surface area contributed by atoms with Crippen molar-refractivity contribution >= 4 is 51.7 Å². The number of hydrogen-bond donors (Lipinski definition) is 1. The summed E-state index contributed by atoms with van der Waals surface area (Å²) < 4.78 is 12.9. The van der Waals surface area contributed by atoms with Gasteiger partial charge in [-0.3, -0.25) is 9.36 Å². The fraction of sp³-hybridized carbons (Fsp3) is 0.348. The first-order chi connectivity index (χ1) is 16.7. The molecular weight excluding hydrogens is 510 g/mol. The number of hydrogen-bond acceptors (Lipinski definition) is 9. The monoisotopic (exact) mass is 535 g/mol. The number of thiazole rings is 1. The normalized spacial score (nSPS) is 11.7. The highest BCUT2D eigenvalue weighted by Gasteiger charge is 2.21. The van der Waals surface area contributed by atoms with Crippen LogP contribution in [0.25, 0.3) is 0 Å². The number of benzene rings is 1. The molecule has 1 aromatic carbocycles. The highest BCUT2D eigenvalue weighted by molar-refractivity contribution is 7.99. The lowest BCUT2D eigenvalue weighted by Gasteiger charge is -2.16. The third-order valence-corrected chi connectivity index (χ3v) is 7.14. The molecule has 3 aromatic rings. The Balaban J connectivity index is 1.65. The van der Waals surface area contributed by atoms with Crippen LogP contribution in [0.5, 0.6) is 5.75 Å². The van der Waals surface area contributed by atoms with Crippen molar-refractivity contribution in [2.45, 2.75) is 45.5 Å². The van der Waals surface area contributed by atoms with Gasteiger partial charge in [0, 0.05) is 11.6 Å². The minimum absolute atomic E-state index is 0.0776. The number of rotatable bonds is 11. The number of amides is 1. The number of anilines is 1. The van der Waals surface area contributed by atoms with E-state index >= 15 is 0 Å². The Morgan fingerprint density at radius 3 is 2.80 bits per heavy atom. The minimum atomic E-state index is -0.451. The molecule has 186 valence electrons. The summed E-state index contributed by atoms with van der Waals surface area (Å²) in [6.45, 7) is 11.7. The maximum absolute atomic E-state index is 12.5. The fourth-order valence-electron chi connectivity index (χ4n) is 3.08. The van der Waals surface area contributed by atoms with Crippen molar-refractivity contribution in [3.8, 4) is 5.75 Å². The topological polar surface area (TPSA) is 108 Å². The Hall–Kier alpha value is -2.89. The standard InChI is InChI=1S/C23H26ClN5O4S2/c1-6-10-29-20(15(5)33-16-8-9-17(24)13(3)11-16)27-28-23(29)34-12-18(30)26-22-25-14(4)19(35-22)21(31)32-7-2/h6,8-9,11,15H,1,7,10,12H2,2-5H3,(H,25,26,30). The third-order valence-electron chi connectivity index (χ3n) is 4.70. The zero-order valence-corrected chi connectivity index (χ0v) is 22.2. The lowest BCUT2D eigenvalue weighted by atomic mass is 10.2. The zero-order valence-electron chi connectivity index (χ0n) is 19.8. The Bertz CT molecular complexity index is 1230. The molecule has 0 saturated carbocycles. The van der Waals surface area contributed by atoms with E-state index in [9.17, 15) is 9.59 Å². The Kier molecular flexibility index (Phi) is 9.30. The molecule has 0 aliphatic heterocycles. The number of carbonyl (C=O) groups excluding carboxylic acids is 2. The van der Waals surface area contributed by atoms with E-state index in [1.165, 1.54) is 11.8 Å². The smallest absolute Gasteiger partial charge is 0.350 e. The molecule has 0 aliphatic rings. The quantitative estimate of drug-likeness (QED) is 0.202. The van der Waals surface area contributed by atoms with E-state index in [1.807, 2.05) is 24.5 Å². The van der Waals surface area contributed by atoms with Crippen LogP contribution in [0, 0.1) is 13.8 Å². The fourth-order valence-corrected chi connectivity index (χ4v) is 4.83. The van der Waals surface area contributed by atoms with Gasteiger partial charge < -0.3 is 14.8 Å². The largest absolute Gasteiger partial charge is 0.483 e. The average molecular weight is 536 g/mol. The van der Waals surface area contributed by atoms with Gasteiger partial charge in [-0.1, -0.05) is 40.8 Å². The molecule has 3 rings (SSSR count). The number of carbonyl (C=O) groups is 2. The second kappa shape index (κ2) is 12.2. The summed E-state index contributed by atoms with van der Waals surface area (Å²) in [6.07, 6.45) is 1.33. The maximum Gasteiger partial charge on any atom is 0.350 e. The number of nitrogens with zero attached hydrogens (tertiary/aromatic N) is 4. The molecule has 0 spiro atoms. The van der Waals surface area contributed by atoms with E-state index < -0.39 is 12.1 Å². The van der Waals surface area contributed by atoms with Gasteiger partial charge in [-0.25, -0.2) is 9.78 Å². The third kappa shape index (κ3) is 6.83. The zero-order chi connectivity index (χ0) is 25.5. The Labute approximate surface area is 216 Å². The van der Waals surface area contributed by atoms with E-state index in [2.05, 4.69) is 27.1 Å². The van der Waals surface area contributed by atoms with Gasteiger partial charge in [-0.15, -0.1) is 16.8 Å². The van der Waals surface area contributed by atoms with Crippen molar-refractivity contribution in [1.82, 2.24) is 19.7 Å². The highest BCUT2D eigenvalue weighted by Crippen LogP contribution is 2.28. The van der Waals surface area contributed by atoms with Crippen LogP contribution in [0.3, 0.4) is 0 Å². The first kappa shape index (κ1) is 26.7. The molecule has 0 aliphatic carbocycles. The van der Waals surface area contributed by atoms with Crippen LogP contribution in [0.15, 0.2) is 36.0 Å². The lowest BCUT2D eigenvalue weighted by molar-refractivity contribution is -0.113. The maximum atomic E-state index is 12.5. The van der Waals surface area contributed by atoms with E-state index in [-0.39, 0.29) is 18.3 Å². The van der Waals surface area contributed by atoms with Crippen molar-refractivity contribution in [3.63, 3.8) is 0 Å². The van der Waals surface area contributed by atoms with Crippen molar-refractivity contribution in [1.29, 1.82) is 0 Å². The highest BCUT2D eigenvalue weighted by atomic mass is 35.5. The van der Waals surface area contributed by atoms with Gasteiger partial charge in [0.15, 0.2) is 22.2 Å². The molecule has 35 heavy (non-hydrogen) atoms. The number of halogens is 1. The van der Waals surface area contributed by atoms with Gasteiger partial charge in [0.05, 0.1) is 18.1 Å². The average Bonchev–Trinajstić information content (AvgIpc) is 3.38. The van der Waals surface area contributed by atoms with Crippen molar-refractivity contribution < 1.29 is 19.1 Å². The molecule has 1 amide bonds. The number of esters is 1. The van der Waals surface area contributed by atoms with Gasteiger partial charge in [0.25, 0.3) is 0 Å². The molecular formula is C23H26ClN5O4S2. The van der Waals surface area contributed by atoms with Gasteiger partial charge in [-0.05, 0) is 51.5 Å². The van der Waals surface area contributed by atoms with Crippen molar-refractivity contribution in [3.05, 3.63) is 57.8 Å². The molecule has 0 radical (unpaired) electrons. The van der Waals surface area contributed by atoms with Crippen LogP contribution in [-0.4, -0.2) is 44.0 Å². The SMILES string of the molecule is C=CCn1c(SCC(=O)Nc2nc(C)c(C(=O)OCC)s2)nnc1C(C)Oc1ccc(Cl)c(C)c1. The summed E-state index contributed by atoms with van der Waals surface area (Å²) in [4.78, 5) is 29.1. The molecule has 1 unspecified atom stereocenters. The van der Waals surface area contributed by atoms with Crippen LogP contribution in [0.1, 0.15) is 46.7 Å². The molecule has 1 atom stereocenters. The number of allylic oxidation sites excluding steroid dienone is 1.